The van der Waals surface area contributed by atoms with E-state index in [2.05, 4.69) is 5.10 Å². The number of Topliss-reactive ketones (excluding diaryl/α,β-unsaturated/α-hetero) is 1. The van der Waals surface area contributed by atoms with Gasteiger partial charge in [0, 0.05) is 6.61 Å². The van der Waals surface area contributed by atoms with Crippen molar-refractivity contribution in [3.63, 3.8) is 0 Å². The van der Waals surface area contributed by atoms with Gasteiger partial charge in [0.1, 0.15) is 6.73 Å². The molecule has 1 aliphatic rings. The van der Waals surface area contributed by atoms with Crippen LogP contribution in [0.25, 0.3) is 0 Å². The summed E-state index contributed by atoms with van der Waals surface area (Å²) in [7, 11) is 0. The molecule has 1 fully saturated rings. The molecule has 39 heavy (non-hydrogen) atoms. The van der Waals surface area contributed by atoms with Crippen LogP contribution in [-0.2, 0) is 15.7 Å². The summed E-state index contributed by atoms with van der Waals surface area (Å²) in [4.78, 5) is 39.0. The second kappa shape index (κ2) is 12.7. The highest BCUT2D eigenvalue weighted by Gasteiger charge is 2.45. The van der Waals surface area contributed by atoms with E-state index in [1.54, 1.807) is 6.92 Å². The highest BCUT2D eigenvalue weighted by molar-refractivity contribution is 6.40. The maximum absolute atomic E-state index is 14.3. The molecule has 1 N–H and O–H groups in total. The van der Waals surface area contributed by atoms with Crippen LogP contribution >= 0.6 is 23.2 Å². The van der Waals surface area contributed by atoms with Crippen LogP contribution < -0.4 is 0 Å². The van der Waals surface area contributed by atoms with E-state index in [0.717, 1.165) is 22.2 Å². The molecule has 0 unspecified atom stereocenters. The Balaban J connectivity index is 1.93. The number of aliphatic carboxylic acids is 1. The predicted molar refractivity (Wildman–Crippen MR) is 138 cm³/mol. The van der Waals surface area contributed by atoms with Gasteiger partial charge in [-0.2, -0.15) is 18.3 Å². The molecule has 1 aliphatic carbocycles. The molecule has 0 saturated heterocycles. The van der Waals surface area contributed by atoms with E-state index in [-0.39, 0.29) is 47.9 Å². The summed E-state index contributed by atoms with van der Waals surface area (Å²) in [5.41, 5.74) is -3.07. The van der Waals surface area contributed by atoms with Crippen molar-refractivity contribution in [2.24, 2.45) is 5.41 Å². The van der Waals surface area contributed by atoms with Crippen LogP contribution in [0.4, 0.5) is 13.2 Å². The molecule has 0 bridgehead atoms. The number of ether oxygens (including phenoxy) is 1. The Bertz CT molecular complexity index is 1190. The highest BCUT2D eigenvalue weighted by Crippen LogP contribution is 2.43. The number of halogens is 5. The lowest BCUT2D eigenvalue weighted by Crippen LogP contribution is -2.39. The molecular weight excluding hydrogens is 562 g/mol. The van der Waals surface area contributed by atoms with Gasteiger partial charge in [-0.15, -0.1) is 0 Å². The number of aromatic nitrogens is 2. The van der Waals surface area contributed by atoms with E-state index in [9.17, 15) is 32.7 Å². The molecule has 1 aromatic carbocycles. The first-order chi connectivity index (χ1) is 18.3. The number of benzene rings is 1. The number of alkyl halides is 3. The fraction of sp³-hybridized carbons (Fsp3) is 0.538. The van der Waals surface area contributed by atoms with Crippen LogP contribution in [0.3, 0.4) is 0 Å². The minimum atomic E-state index is -4.94. The first kappa shape index (κ1) is 30.9. The number of carbonyl (C=O) groups is 3. The summed E-state index contributed by atoms with van der Waals surface area (Å²) in [6.07, 6.45) is -2.05. The van der Waals surface area contributed by atoms with Crippen LogP contribution in [-0.4, -0.2) is 57.3 Å². The lowest BCUT2D eigenvalue weighted by Gasteiger charge is -2.34. The maximum atomic E-state index is 14.3. The SMILES string of the molecule is CCCCOCN(CC(=O)c1c(Cl)cccc1Cl)C(=O)c1cnn([C@H]2CC[C@](C)(C(=O)O)CC2)c1C(F)(F)F. The summed E-state index contributed by atoms with van der Waals surface area (Å²) >= 11 is 12.3. The quantitative estimate of drug-likeness (QED) is 0.181. The molecule has 1 aromatic heterocycles. The minimum absolute atomic E-state index is 0.0428. The molecular formula is C26H30Cl2F3N3O5. The zero-order chi connectivity index (χ0) is 29.0. The summed E-state index contributed by atoms with van der Waals surface area (Å²) in [5, 5.41) is 13.5. The average molecular weight is 592 g/mol. The first-order valence-electron chi connectivity index (χ1n) is 12.5. The van der Waals surface area contributed by atoms with E-state index in [0.29, 0.717) is 6.42 Å². The van der Waals surface area contributed by atoms with Gasteiger partial charge in [-0.3, -0.25) is 19.1 Å². The van der Waals surface area contributed by atoms with Gasteiger partial charge in [0.05, 0.1) is 45.4 Å². The van der Waals surface area contributed by atoms with Crippen LogP contribution in [0.2, 0.25) is 10.0 Å². The number of amides is 1. The number of unbranched alkanes of at least 4 members (excludes halogenated alkanes) is 1. The number of hydrogen-bond donors (Lipinski definition) is 1. The van der Waals surface area contributed by atoms with E-state index in [4.69, 9.17) is 27.9 Å². The smallest absolute Gasteiger partial charge is 0.433 e. The Kier molecular flexibility index (Phi) is 10.1. The number of carboxylic acids is 1. The van der Waals surface area contributed by atoms with Crippen molar-refractivity contribution in [1.29, 1.82) is 0 Å². The largest absolute Gasteiger partial charge is 0.481 e. The topological polar surface area (TPSA) is 102 Å². The zero-order valence-electron chi connectivity index (χ0n) is 21.6. The van der Waals surface area contributed by atoms with Crippen LogP contribution in [0, 0.1) is 5.41 Å². The zero-order valence-corrected chi connectivity index (χ0v) is 23.1. The standard InChI is InChI=1S/C26H30Cl2F3N3O5/c1-3-4-12-39-15-33(14-20(35)21-18(27)6-5-7-19(21)28)23(36)17-13-32-34(22(17)26(29,30)31)16-8-10-25(2,11-9-16)24(37)38/h5-7,13,16H,3-4,8-12,14-15H2,1-2H3,(H,37,38)/t16-,25-. The molecule has 1 saturated carbocycles. The number of rotatable bonds is 11. The number of ketones is 1. The van der Waals surface area contributed by atoms with E-state index >= 15 is 0 Å². The molecule has 3 rings (SSSR count). The fourth-order valence-electron chi connectivity index (χ4n) is 4.56. The second-order valence-corrected chi connectivity index (χ2v) is 10.7. The third kappa shape index (κ3) is 7.12. The van der Waals surface area contributed by atoms with Crippen molar-refractivity contribution in [2.75, 3.05) is 19.9 Å². The van der Waals surface area contributed by atoms with E-state index < -0.39 is 59.8 Å². The Morgan fingerprint density at radius 1 is 1.21 bits per heavy atom. The minimum Gasteiger partial charge on any atom is -0.481 e. The lowest BCUT2D eigenvalue weighted by atomic mass is 9.74. The Hall–Kier alpha value is -2.63. The highest BCUT2D eigenvalue weighted by atomic mass is 35.5. The normalized spacial score (nSPS) is 19.6. The second-order valence-electron chi connectivity index (χ2n) is 9.86. The number of carboxylic acid groups (broad SMARTS) is 1. The van der Waals surface area contributed by atoms with Crippen LogP contribution in [0.15, 0.2) is 24.4 Å². The van der Waals surface area contributed by atoms with Gasteiger partial charge in [-0.25, -0.2) is 0 Å². The van der Waals surface area contributed by atoms with Crippen molar-refractivity contribution in [3.05, 3.63) is 51.3 Å². The van der Waals surface area contributed by atoms with Gasteiger partial charge in [0.2, 0.25) is 0 Å². The van der Waals surface area contributed by atoms with Gasteiger partial charge < -0.3 is 14.7 Å². The Morgan fingerprint density at radius 3 is 2.36 bits per heavy atom. The monoisotopic (exact) mass is 591 g/mol. The molecule has 2 aromatic rings. The maximum Gasteiger partial charge on any atom is 0.433 e. The van der Waals surface area contributed by atoms with Crippen molar-refractivity contribution in [3.8, 4) is 0 Å². The van der Waals surface area contributed by atoms with Gasteiger partial charge in [-0.1, -0.05) is 42.6 Å². The predicted octanol–water partition coefficient (Wildman–Crippen LogP) is 6.51. The first-order valence-corrected chi connectivity index (χ1v) is 13.3. The molecule has 0 aliphatic heterocycles. The summed E-state index contributed by atoms with van der Waals surface area (Å²) in [5.74, 6) is -2.76. The Morgan fingerprint density at radius 2 is 1.82 bits per heavy atom. The summed E-state index contributed by atoms with van der Waals surface area (Å²) < 4.78 is 49.2. The van der Waals surface area contributed by atoms with Gasteiger partial charge >= 0.3 is 12.1 Å². The number of carbonyl (C=O) groups excluding carboxylic acids is 2. The Labute approximate surface area is 234 Å². The van der Waals surface area contributed by atoms with E-state index in [1.807, 2.05) is 6.92 Å². The molecule has 1 heterocycles. The molecule has 13 heteroatoms. The van der Waals surface area contributed by atoms with Gasteiger partial charge in [-0.05, 0) is 51.2 Å². The molecule has 1 amide bonds. The number of hydrogen-bond acceptors (Lipinski definition) is 5. The van der Waals surface area contributed by atoms with Gasteiger partial charge in [0.25, 0.3) is 5.91 Å². The van der Waals surface area contributed by atoms with Crippen molar-refractivity contribution >= 4 is 40.9 Å². The van der Waals surface area contributed by atoms with Crippen molar-refractivity contribution in [1.82, 2.24) is 14.7 Å². The number of nitrogens with zero attached hydrogens (tertiary/aromatic N) is 3. The third-order valence-electron chi connectivity index (χ3n) is 6.97. The van der Waals surface area contributed by atoms with Crippen molar-refractivity contribution in [2.45, 2.75) is 64.6 Å². The lowest BCUT2D eigenvalue weighted by molar-refractivity contribution is -0.152. The van der Waals surface area contributed by atoms with Crippen LogP contribution in [0.5, 0.6) is 0 Å². The summed E-state index contributed by atoms with van der Waals surface area (Å²) in [6, 6.07) is 3.67. The molecule has 0 spiro atoms. The van der Waals surface area contributed by atoms with Crippen molar-refractivity contribution < 1.29 is 37.4 Å². The molecule has 214 valence electrons. The fourth-order valence-corrected chi connectivity index (χ4v) is 5.17. The molecule has 8 nitrogen and oxygen atoms in total. The molecule has 0 radical (unpaired) electrons. The van der Waals surface area contributed by atoms with Crippen LogP contribution in [0.1, 0.15) is 84.8 Å². The molecule has 0 atom stereocenters. The average Bonchev–Trinajstić information content (AvgIpc) is 3.32. The van der Waals surface area contributed by atoms with E-state index in [1.165, 1.54) is 18.2 Å². The summed E-state index contributed by atoms with van der Waals surface area (Å²) in [6.45, 7) is 2.65. The van der Waals surface area contributed by atoms with Gasteiger partial charge in [0.15, 0.2) is 11.5 Å². The third-order valence-corrected chi connectivity index (χ3v) is 7.60.